The van der Waals surface area contributed by atoms with Crippen LogP contribution < -0.4 is 5.32 Å². The van der Waals surface area contributed by atoms with E-state index in [4.69, 9.17) is 43.0 Å². The Labute approximate surface area is 171 Å². The lowest BCUT2D eigenvalue weighted by atomic mass is 10.2. The van der Waals surface area contributed by atoms with Gasteiger partial charge in [-0.15, -0.1) is 0 Å². The Hall–Kier alpha value is -3.03. The van der Waals surface area contributed by atoms with E-state index in [1.807, 2.05) is 54.2 Å². The van der Waals surface area contributed by atoms with Crippen LogP contribution >= 0.6 is 23.2 Å². The largest absolute Gasteiger partial charge is 0.473 e. The molecule has 0 unspecified atom stereocenters. The SMILES string of the molecule is Cn1c(-c2ccccc2)cnc1NCc1c(Cl)cccc1Cl.O=C(O)C(=O)O. The maximum Gasteiger partial charge on any atom is 0.414 e. The molecule has 7 nitrogen and oxygen atoms in total. The summed E-state index contributed by atoms with van der Waals surface area (Å²) in [5, 5.41) is 19.4. The van der Waals surface area contributed by atoms with Crippen molar-refractivity contribution in [1.29, 1.82) is 0 Å². The third-order valence-electron chi connectivity index (χ3n) is 3.73. The normalized spacial score (nSPS) is 9.96. The number of carboxylic acids is 2. The fourth-order valence-corrected chi connectivity index (χ4v) is 2.85. The first-order valence-electron chi connectivity index (χ1n) is 8.01. The molecular weight excluding hydrogens is 405 g/mol. The van der Waals surface area contributed by atoms with Gasteiger partial charge in [0.05, 0.1) is 11.9 Å². The van der Waals surface area contributed by atoms with E-state index < -0.39 is 11.9 Å². The molecule has 0 aliphatic carbocycles. The topological polar surface area (TPSA) is 104 Å². The monoisotopic (exact) mass is 421 g/mol. The Morgan fingerprint density at radius 3 is 2.11 bits per heavy atom. The van der Waals surface area contributed by atoms with Crippen LogP contribution in [0.4, 0.5) is 5.95 Å². The van der Waals surface area contributed by atoms with E-state index >= 15 is 0 Å². The minimum absolute atomic E-state index is 0.525. The van der Waals surface area contributed by atoms with Crippen molar-refractivity contribution in [3.8, 4) is 11.3 Å². The Bertz CT molecular complexity index is 942. The Kier molecular flexibility index (Phi) is 7.43. The first-order valence-corrected chi connectivity index (χ1v) is 8.77. The summed E-state index contributed by atoms with van der Waals surface area (Å²) < 4.78 is 2.01. The van der Waals surface area contributed by atoms with Crippen molar-refractivity contribution in [2.45, 2.75) is 6.54 Å². The quantitative estimate of drug-likeness (QED) is 0.546. The van der Waals surface area contributed by atoms with Crippen LogP contribution in [0.2, 0.25) is 10.0 Å². The molecule has 0 fully saturated rings. The molecule has 0 radical (unpaired) electrons. The van der Waals surface area contributed by atoms with Crippen molar-refractivity contribution >= 4 is 41.1 Å². The molecule has 0 saturated heterocycles. The van der Waals surface area contributed by atoms with Gasteiger partial charge in [-0.3, -0.25) is 0 Å². The zero-order valence-electron chi connectivity index (χ0n) is 14.8. The number of nitrogens with one attached hydrogen (secondary N) is 1. The molecule has 1 aromatic heterocycles. The first kappa shape index (κ1) is 21.3. The highest BCUT2D eigenvalue weighted by Gasteiger charge is 2.10. The molecule has 0 bridgehead atoms. The van der Waals surface area contributed by atoms with Crippen LogP contribution in [-0.4, -0.2) is 31.7 Å². The van der Waals surface area contributed by atoms with Gasteiger partial charge in [-0.2, -0.15) is 0 Å². The molecule has 9 heteroatoms. The number of rotatable bonds is 4. The number of anilines is 1. The molecule has 0 amide bonds. The van der Waals surface area contributed by atoms with Crippen molar-refractivity contribution in [1.82, 2.24) is 9.55 Å². The average Bonchev–Trinajstić information content (AvgIpc) is 3.03. The molecular formula is C19H17Cl2N3O4. The summed E-state index contributed by atoms with van der Waals surface area (Å²) in [7, 11) is 1.98. The summed E-state index contributed by atoms with van der Waals surface area (Å²) in [6.45, 7) is 0.525. The number of imidazole rings is 1. The van der Waals surface area contributed by atoms with Crippen LogP contribution in [0.5, 0.6) is 0 Å². The molecule has 0 aliphatic rings. The smallest absolute Gasteiger partial charge is 0.414 e. The van der Waals surface area contributed by atoms with Crippen molar-refractivity contribution in [3.63, 3.8) is 0 Å². The zero-order valence-corrected chi connectivity index (χ0v) is 16.3. The van der Waals surface area contributed by atoms with Gasteiger partial charge in [-0.05, 0) is 17.7 Å². The number of hydrogen-bond acceptors (Lipinski definition) is 4. The third-order valence-corrected chi connectivity index (χ3v) is 4.43. The summed E-state index contributed by atoms with van der Waals surface area (Å²) in [6, 6.07) is 15.6. The van der Waals surface area contributed by atoms with E-state index in [-0.39, 0.29) is 0 Å². The van der Waals surface area contributed by atoms with Gasteiger partial charge in [0.1, 0.15) is 0 Å². The van der Waals surface area contributed by atoms with Crippen LogP contribution in [0.3, 0.4) is 0 Å². The van der Waals surface area contributed by atoms with E-state index in [9.17, 15) is 0 Å². The van der Waals surface area contributed by atoms with Crippen molar-refractivity contribution < 1.29 is 19.8 Å². The molecule has 3 aromatic rings. The predicted molar refractivity (Wildman–Crippen MR) is 108 cm³/mol. The number of aromatic nitrogens is 2. The lowest BCUT2D eigenvalue weighted by Gasteiger charge is -2.10. The highest BCUT2D eigenvalue weighted by Crippen LogP contribution is 2.26. The van der Waals surface area contributed by atoms with Gasteiger partial charge in [-0.1, -0.05) is 59.6 Å². The zero-order chi connectivity index (χ0) is 20.7. The fourth-order valence-electron chi connectivity index (χ4n) is 2.32. The van der Waals surface area contributed by atoms with Crippen LogP contribution in [-0.2, 0) is 23.2 Å². The summed E-state index contributed by atoms with van der Waals surface area (Å²) in [6.07, 6.45) is 1.85. The molecule has 0 aliphatic heterocycles. The van der Waals surface area contributed by atoms with Crippen molar-refractivity contribution in [2.75, 3.05) is 5.32 Å². The van der Waals surface area contributed by atoms with Gasteiger partial charge >= 0.3 is 11.9 Å². The van der Waals surface area contributed by atoms with Gasteiger partial charge in [0.25, 0.3) is 0 Å². The van der Waals surface area contributed by atoms with Crippen LogP contribution in [0.1, 0.15) is 5.56 Å². The molecule has 3 rings (SSSR count). The molecule has 28 heavy (non-hydrogen) atoms. The van der Waals surface area contributed by atoms with Crippen LogP contribution in [0.15, 0.2) is 54.7 Å². The van der Waals surface area contributed by atoms with E-state index in [2.05, 4.69) is 22.4 Å². The molecule has 0 atom stereocenters. The first-order chi connectivity index (χ1) is 13.3. The number of halogens is 2. The van der Waals surface area contributed by atoms with E-state index in [1.165, 1.54) is 0 Å². The predicted octanol–water partition coefficient (Wildman–Crippen LogP) is 4.16. The fraction of sp³-hybridized carbons (Fsp3) is 0.105. The Morgan fingerprint density at radius 1 is 1.00 bits per heavy atom. The summed E-state index contributed by atoms with van der Waals surface area (Å²) in [5.41, 5.74) is 3.05. The molecule has 2 aromatic carbocycles. The summed E-state index contributed by atoms with van der Waals surface area (Å²) in [5.74, 6) is -2.88. The van der Waals surface area contributed by atoms with Crippen LogP contribution in [0.25, 0.3) is 11.3 Å². The van der Waals surface area contributed by atoms with Gasteiger partial charge in [0.2, 0.25) is 5.95 Å². The maximum atomic E-state index is 9.10. The second-order valence-corrected chi connectivity index (χ2v) is 6.37. The third kappa shape index (κ3) is 5.48. The van der Waals surface area contributed by atoms with Gasteiger partial charge < -0.3 is 20.1 Å². The van der Waals surface area contributed by atoms with Crippen molar-refractivity contribution in [3.05, 3.63) is 70.3 Å². The minimum Gasteiger partial charge on any atom is -0.473 e. The van der Waals surface area contributed by atoms with E-state index in [0.717, 1.165) is 22.8 Å². The number of carboxylic acid groups (broad SMARTS) is 2. The lowest BCUT2D eigenvalue weighted by molar-refractivity contribution is -0.159. The number of carbonyl (C=O) groups is 2. The van der Waals surface area contributed by atoms with Gasteiger partial charge in [0.15, 0.2) is 0 Å². The standard InChI is InChI=1S/C17H15Cl2N3.C2H2O4/c1-22-16(12-6-3-2-4-7-12)11-21-17(22)20-10-13-14(18)8-5-9-15(13)19;3-1(4)2(5)6/h2-9,11H,10H2,1H3,(H,20,21);(H,3,4)(H,5,6). The Morgan fingerprint density at radius 2 is 1.57 bits per heavy atom. The molecule has 3 N–H and O–H groups in total. The van der Waals surface area contributed by atoms with Gasteiger partial charge in [-0.25, -0.2) is 14.6 Å². The van der Waals surface area contributed by atoms with Crippen LogP contribution in [0, 0.1) is 0 Å². The second kappa shape index (κ2) is 9.77. The van der Waals surface area contributed by atoms with Gasteiger partial charge in [0, 0.05) is 29.2 Å². The molecule has 0 saturated carbocycles. The van der Waals surface area contributed by atoms with E-state index in [0.29, 0.717) is 16.6 Å². The van der Waals surface area contributed by atoms with E-state index in [1.54, 1.807) is 0 Å². The molecule has 1 heterocycles. The summed E-state index contributed by atoms with van der Waals surface area (Å²) >= 11 is 12.4. The number of benzene rings is 2. The lowest BCUT2D eigenvalue weighted by Crippen LogP contribution is -2.09. The minimum atomic E-state index is -1.82. The second-order valence-electron chi connectivity index (χ2n) is 5.56. The number of nitrogens with zero attached hydrogens (tertiary/aromatic N) is 2. The average molecular weight is 422 g/mol. The van der Waals surface area contributed by atoms with Crippen molar-refractivity contribution in [2.24, 2.45) is 7.05 Å². The maximum absolute atomic E-state index is 9.10. The Balaban J connectivity index is 0.000000409. The summed E-state index contributed by atoms with van der Waals surface area (Å²) in [4.78, 5) is 22.6. The highest BCUT2D eigenvalue weighted by molar-refractivity contribution is 6.36. The highest BCUT2D eigenvalue weighted by atomic mass is 35.5. The number of aliphatic carboxylic acids is 2. The molecule has 146 valence electrons. The number of hydrogen-bond donors (Lipinski definition) is 3. The molecule has 0 spiro atoms.